The fraction of sp³-hybridized carbons (Fsp3) is 0.0833. The van der Waals surface area contributed by atoms with E-state index in [9.17, 15) is 0 Å². The van der Waals surface area contributed by atoms with E-state index in [-0.39, 0.29) is 0 Å². The van der Waals surface area contributed by atoms with E-state index < -0.39 is 0 Å². The SMILES string of the molecule is Cc1cc2c(c3ccccc13)SS(I)=C2. The van der Waals surface area contributed by atoms with Gasteiger partial charge in [0.2, 0.25) is 0 Å². The highest BCUT2D eigenvalue weighted by Gasteiger charge is 2.15. The molecule has 0 fully saturated rings. The van der Waals surface area contributed by atoms with E-state index in [2.05, 4.69) is 63.8 Å². The van der Waals surface area contributed by atoms with Crippen LogP contribution in [0.4, 0.5) is 0 Å². The third kappa shape index (κ3) is 1.65. The lowest BCUT2D eigenvalue weighted by Crippen LogP contribution is -1.86. The Morgan fingerprint density at radius 1 is 1.20 bits per heavy atom. The summed E-state index contributed by atoms with van der Waals surface area (Å²) in [6, 6.07) is 11.0. The van der Waals surface area contributed by atoms with Crippen molar-refractivity contribution in [1.82, 2.24) is 0 Å². The average molecular weight is 344 g/mol. The second-order valence-electron chi connectivity index (χ2n) is 3.61. The Kier molecular flexibility index (Phi) is 2.57. The van der Waals surface area contributed by atoms with Crippen molar-refractivity contribution in [3.8, 4) is 0 Å². The lowest BCUT2D eigenvalue weighted by Gasteiger charge is -2.07. The Labute approximate surface area is 107 Å². The maximum Gasteiger partial charge on any atom is 0.0341 e. The molecule has 0 saturated carbocycles. The molecule has 3 rings (SSSR count). The summed E-state index contributed by atoms with van der Waals surface area (Å²) in [6.45, 7) is 2.53. The van der Waals surface area contributed by atoms with Gasteiger partial charge in [0, 0.05) is 26.1 Å². The van der Waals surface area contributed by atoms with Crippen molar-refractivity contribution in [1.29, 1.82) is 0 Å². The molecule has 0 spiro atoms. The summed E-state index contributed by atoms with van der Waals surface area (Å²) in [4.78, 5) is 1.47. The minimum Gasteiger partial charge on any atom is -0.0616 e. The molecular weight excluding hydrogens is 335 g/mol. The normalized spacial score (nSPS) is 18.9. The molecule has 2 aromatic carbocycles. The van der Waals surface area contributed by atoms with Gasteiger partial charge in [0.25, 0.3) is 0 Å². The summed E-state index contributed by atoms with van der Waals surface area (Å²) in [5, 5.41) is 5.19. The minimum absolute atomic E-state index is 0.328. The number of hydrogen-bond donors (Lipinski definition) is 0. The van der Waals surface area contributed by atoms with E-state index in [0.717, 1.165) is 0 Å². The zero-order valence-corrected chi connectivity index (χ0v) is 11.9. The molecular formula is C12H9IS2. The van der Waals surface area contributed by atoms with Crippen LogP contribution < -0.4 is 0 Å². The van der Waals surface area contributed by atoms with E-state index in [1.54, 1.807) is 0 Å². The zero-order valence-electron chi connectivity index (χ0n) is 8.16. The highest BCUT2D eigenvalue weighted by Crippen LogP contribution is 2.52. The van der Waals surface area contributed by atoms with E-state index >= 15 is 0 Å². The molecule has 1 heterocycles. The van der Waals surface area contributed by atoms with Gasteiger partial charge >= 0.3 is 0 Å². The number of aryl methyl sites for hydroxylation is 1. The summed E-state index contributed by atoms with van der Waals surface area (Å²) in [5.41, 5.74) is 2.81. The van der Waals surface area contributed by atoms with Crippen LogP contribution >= 0.6 is 38.7 Å². The molecule has 0 aliphatic carbocycles. The van der Waals surface area contributed by atoms with Crippen LogP contribution in [0.5, 0.6) is 0 Å². The quantitative estimate of drug-likeness (QED) is 0.371. The Morgan fingerprint density at radius 3 is 2.73 bits per heavy atom. The van der Waals surface area contributed by atoms with Crippen molar-refractivity contribution in [2.45, 2.75) is 11.8 Å². The smallest absolute Gasteiger partial charge is 0.0341 e. The molecule has 1 unspecified atom stereocenters. The van der Waals surface area contributed by atoms with Crippen LogP contribution in [0.25, 0.3) is 10.8 Å². The van der Waals surface area contributed by atoms with Gasteiger partial charge in [-0.05, 0) is 40.3 Å². The van der Waals surface area contributed by atoms with Gasteiger partial charge in [-0.15, -0.1) is 0 Å². The Bertz CT molecular complexity index is 587. The average Bonchev–Trinajstić information content (AvgIpc) is 2.59. The molecule has 3 heteroatoms. The second-order valence-corrected chi connectivity index (χ2v) is 11.1. The molecule has 0 aromatic heterocycles. The van der Waals surface area contributed by atoms with Gasteiger partial charge in [0.05, 0.1) is 0 Å². The standard InChI is InChI=1S/C12H9IS2/c1-8-6-9-7-15(13)14-12(9)11-5-3-2-4-10(8)11/h2-7H,1H3. The predicted molar refractivity (Wildman–Crippen MR) is 81.3 cm³/mol. The first-order valence-electron chi connectivity index (χ1n) is 4.70. The van der Waals surface area contributed by atoms with Crippen LogP contribution in [-0.2, 0) is 0 Å². The molecule has 0 saturated heterocycles. The molecule has 2 aromatic rings. The molecule has 0 radical (unpaired) electrons. The summed E-state index contributed by atoms with van der Waals surface area (Å²) in [6.07, 6.45) is 0. The first kappa shape index (κ1) is 10.2. The Morgan fingerprint density at radius 2 is 1.93 bits per heavy atom. The summed E-state index contributed by atoms with van der Waals surface area (Å²) in [7, 11) is 1.99. The molecule has 1 aliphatic rings. The molecule has 0 N–H and O–H groups in total. The van der Waals surface area contributed by atoms with Crippen molar-refractivity contribution in [3.05, 3.63) is 41.5 Å². The van der Waals surface area contributed by atoms with E-state index in [1.165, 1.54) is 26.8 Å². The fourth-order valence-corrected chi connectivity index (χ4v) is 7.02. The molecule has 0 nitrogen and oxygen atoms in total. The summed E-state index contributed by atoms with van der Waals surface area (Å²) in [5.74, 6) is 0. The van der Waals surface area contributed by atoms with Crippen molar-refractivity contribution < 1.29 is 0 Å². The molecule has 15 heavy (non-hydrogen) atoms. The molecule has 76 valence electrons. The minimum atomic E-state index is 0.328. The van der Waals surface area contributed by atoms with E-state index in [0.29, 0.717) is 6.69 Å². The number of halogens is 1. The van der Waals surface area contributed by atoms with Gasteiger partial charge in [-0.3, -0.25) is 0 Å². The lowest BCUT2D eigenvalue weighted by atomic mass is 10.0. The van der Waals surface area contributed by atoms with Crippen molar-refractivity contribution >= 4 is 54.8 Å². The molecule has 1 atom stereocenters. The van der Waals surface area contributed by atoms with Gasteiger partial charge < -0.3 is 0 Å². The van der Waals surface area contributed by atoms with Crippen LogP contribution in [0.2, 0.25) is 0 Å². The summed E-state index contributed by atoms with van der Waals surface area (Å²) >= 11 is 2.51. The molecule has 0 bridgehead atoms. The Balaban J connectivity index is 2.43. The first-order chi connectivity index (χ1) is 7.25. The molecule has 0 amide bonds. The van der Waals surface area contributed by atoms with Gasteiger partial charge in [-0.25, -0.2) is 0 Å². The maximum absolute atomic E-state index is 2.51. The zero-order chi connectivity index (χ0) is 10.4. The third-order valence-corrected chi connectivity index (χ3v) is 7.48. The van der Waals surface area contributed by atoms with Gasteiger partial charge in [0.15, 0.2) is 0 Å². The predicted octanol–water partition coefficient (Wildman–Crippen LogP) is 4.94. The van der Waals surface area contributed by atoms with E-state index in [1.807, 2.05) is 10.8 Å². The topological polar surface area (TPSA) is 0 Å². The van der Waals surface area contributed by atoms with Crippen molar-refractivity contribution in [2.75, 3.05) is 0 Å². The summed E-state index contributed by atoms with van der Waals surface area (Å²) < 4.78 is 0. The number of fused-ring (bicyclic) bond motifs is 3. The largest absolute Gasteiger partial charge is 0.0616 e. The third-order valence-electron chi connectivity index (χ3n) is 2.61. The fourth-order valence-electron chi connectivity index (χ4n) is 1.94. The van der Waals surface area contributed by atoms with Crippen LogP contribution in [-0.4, -0.2) is 5.37 Å². The van der Waals surface area contributed by atoms with Crippen LogP contribution in [0.1, 0.15) is 11.1 Å². The van der Waals surface area contributed by atoms with Crippen LogP contribution in [0, 0.1) is 6.92 Å². The van der Waals surface area contributed by atoms with E-state index in [4.69, 9.17) is 0 Å². The number of hydrogen-bond acceptors (Lipinski definition) is 1. The van der Waals surface area contributed by atoms with Gasteiger partial charge in [0.1, 0.15) is 0 Å². The second kappa shape index (κ2) is 3.79. The van der Waals surface area contributed by atoms with Crippen molar-refractivity contribution in [3.63, 3.8) is 0 Å². The number of benzene rings is 2. The van der Waals surface area contributed by atoms with Gasteiger partial charge in [-0.1, -0.05) is 41.7 Å². The van der Waals surface area contributed by atoms with Crippen molar-refractivity contribution in [2.24, 2.45) is 0 Å². The van der Waals surface area contributed by atoms with Crippen LogP contribution in [0.15, 0.2) is 35.2 Å². The highest BCUT2D eigenvalue weighted by molar-refractivity contribution is 14.2. The number of rotatable bonds is 0. The first-order valence-corrected chi connectivity index (χ1v) is 9.87. The maximum atomic E-state index is 2.51. The molecule has 1 aliphatic heterocycles. The van der Waals surface area contributed by atoms with Gasteiger partial charge in [-0.2, -0.15) is 0 Å². The highest BCUT2D eigenvalue weighted by atomic mass is 127. The lowest BCUT2D eigenvalue weighted by molar-refractivity contribution is 1.45. The van der Waals surface area contributed by atoms with Crippen LogP contribution in [0.3, 0.4) is 0 Å². The monoisotopic (exact) mass is 344 g/mol. The Hall–Kier alpha value is 0.000000000000000111.